The van der Waals surface area contributed by atoms with Gasteiger partial charge in [0.1, 0.15) is 11.2 Å². The van der Waals surface area contributed by atoms with Gasteiger partial charge in [0.25, 0.3) is 0 Å². The Morgan fingerprint density at radius 2 is 0.750 bits per heavy atom. The van der Waals surface area contributed by atoms with Crippen molar-refractivity contribution < 1.29 is 9.78 Å². The van der Waals surface area contributed by atoms with Crippen LogP contribution in [-0.4, -0.2) is 0 Å². The summed E-state index contributed by atoms with van der Waals surface area (Å²) >= 11 is 0. The van der Waals surface area contributed by atoms with E-state index in [4.69, 9.17) is 9.78 Å². The van der Waals surface area contributed by atoms with Gasteiger partial charge in [-0.2, -0.15) is 0 Å². The Morgan fingerprint density at radius 1 is 0.472 bits per heavy atom. The molecule has 0 aromatic heterocycles. The molecular formula is C34H54O2. The Hall–Kier alpha value is -1.64. The molecule has 2 aromatic carbocycles. The van der Waals surface area contributed by atoms with E-state index >= 15 is 0 Å². The first-order valence-electron chi connectivity index (χ1n) is 13.8. The van der Waals surface area contributed by atoms with E-state index in [1.54, 1.807) is 0 Å². The summed E-state index contributed by atoms with van der Waals surface area (Å²) in [6, 6.07) is 17.7. The van der Waals surface area contributed by atoms with Crippen LogP contribution in [0.15, 0.2) is 48.5 Å². The number of benzene rings is 2. The third-order valence-electron chi connectivity index (χ3n) is 10.2. The summed E-state index contributed by atoms with van der Waals surface area (Å²) in [7, 11) is 0. The number of hydrogen-bond acceptors (Lipinski definition) is 2. The van der Waals surface area contributed by atoms with Gasteiger partial charge in [-0.15, -0.1) is 0 Å². The summed E-state index contributed by atoms with van der Waals surface area (Å²) in [5, 5.41) is 0. The maximum absolute atomic E-state index is 6.23. The zero-order valence-corrected chi connectivity index (χ0v) is 25.8. The average Bonchev–Trinajstić information content (AvgIpc) is 2.82. The summed E-state index contributed by atoms with van der Waals surface area (Å²) in [5.41, 5.74) is 4.14. The van der Waals surface area contributed by atoms with Gasteiger partial charge in [-0.25, -0.2) is 9.78 Å². The van der Waals surface area contributed by atoms with Crippen LogP contribution in [-0.2, 0) is 31.8 Å². The normalized spacial score (nSPS) is 14.3. The summed E-state index contributed by atoms with van der Waals surface area (Å²) in [6.45, 7) is 31.7. The first kappa shape index (κ1) is 30.6. The highest BCUT2D eigenvalue weighted by Crippen LogP contribution is 2.46. The summed E-state index contributed by atoms with van der Waals surface area (Å²) < 4.78 is 0. The van der Waals surface area contributed by atoms with E-state index < -0.39 is 11.2 Å². The molecule has 0 aliphatic carbocycles. The van der Waals surface area contributed by atoms with E-state index in [2.05, 4.69) is 145 Å². The number of rotatable bonds is 11. The van der Waals surface area contributed by atoms with Crippen LogP contribution < -0.4 is 0 Å². The molecule has 0 atom stereocenters. The number of hydrogen-bond donors (Lipinski definition) is 0. The standard InChI is InChI=1S/C34H54O2/c1-15-29(3,4)31(7,8)25-19-17-21-27(23-25)33(11,12)35-36-34(13,14)28-22-18-20-26(24-28)32(9,10)30(5,6)16-2/h17-24H,15-16H2,1-14H3. The smallest absolute Gasteiger partial charge is 0.123 e. The van der Waals surface area contributed by atoms with Crippen molar-refractivity contribution in [2.75, 3.05) is 0 Å². The van der Waals surface area contributed by atoms with Crippen LogP contribution in [0, 0.1) is 10.8 Å². The van der Waals surface area contributed by atoms with E-state index in [0.29, 0.717) is 0 Å². The van der Waals surface area contributed by atoms with E-state index in [9.17, 15) is 0 Å². The van der Waals surface area contributed by atoms with Gasteiger partial charge in [0.05, 0.1) is 0 Å². The molecule has 2 rings (SSSR count). The molecule has 0 aliphatic heterocycles. The van der Waals surface area contributed by atoms with Gasteiger partial charge in [-0.05, 0) is 71.6 Å². The van der Waals surface area contributed by atoms with Crippen molar-refractivity contribution in [1.29, 1.82) is 0 Å². The second kappa shape index (κ2) is 10.3. The lowest BCUT2D eigenvalue weighted by molar-refractivity contribution is -0.410. The SMILES string of the molecule is CCC(C)(C)C(C)(C)c1cccc(C(C)(C)OOC(C)(C)c2cccc(C(C)(C)C(C)(C)CC)c2)c1. The van der Waals surface area contributed by atoms with Gasteiger partial charge >= 0.3 is 0 Å². The molecule has 36 heavy (non-hydrogen) atoms. The predicted molar refractivity (Wildman–Crippen MR) is 155 cm³/mol. The summed E-state index contributed by atoms with van der Waals surface area (Å²) in [4.78, 5) is 12.5. The van der Waals surface area contributed by atoms with Crippen molar-refractivity contribution in [1.82, 2.24) is 0 Å². The molecule has 2 nitrogen and oxygen atoms in total. The van der Waals surface area contributed by atoms with Gasteiger partial charge in [-0.3, -0.25) is 0 Å². The van der Waals surface area contributed by atoms with Gasteiger partial charge in [0, 0.05) is 0 Å². The third kappa shape index (κ3) is 5.91. The van der Waals surface area contributed by atoms with Gasteiger partial charge in [0.2, 0.25) is 0 Å². The Kier molecular flexibility index (Phi) is 8.71. The van der Waals surface area contributed by atoms with Crippen LogP contribution in [0.4, 0.5) is 0 Å². The van der Waals surface area contributed by atoms with E-state index in [1.807, 2.05) is 0 Å². The molecule has 0 saturated carbocycles. The van der Waals surface area contributed by atoms with Crippen LogP contribution in [0.3, 0.4) is 0 Å². The summed E-state index contributed by atoms with van der Waals surface area (Å²) in [6.07, 6.45) is 2.24. The lowest BCUT2D eigenvalue weighted by Crippen LogP contribution is -2.37. The van der Waals surface area contributed by atoms with Crippen molar-refractivity contribution in [2.45, 2.75) is 132 Å². The van der Waals surface area contributed by atoms with E-state index in [1.165, 1.54) is 11.1 Å². The van der Waals surface area contributed by atoms with Crippen molar-refractivity contribution in [2.24, 2.45) is 10.8 Å². The molecule has 0 aliphatic rings. The molecular weight excluding hydrogens is 440 g/mol. The lowest BCUT2D eigenvalue weighted by atomic mass is 9.62. The first-order valence-corrected chi connectivity index (χ1v) is 13.8. The molecule has 0 N–H and O–H groups in total. The van der Waals surface area contributed by atoms with Crippen LogP contribution in [0.2, 0.25) is 0 Å². The maximum atomic E-state index is 6.23. The largest absolute Gasteiger partial charge is 0.225 e. The second-order valence-corrected chi connectivity index (χ2v) is 14.1. The van der Waals surface area contributed by atoms with Crippen LogP contribution in [0.1, 0.15) is 132 Å². The minimum atomic E-state index is -0.596. The van der Waals surface area contributed by atoms with Crippen LogP contribution >= 0.6 is 0 Å². The second-order valence-electron chi connectivity index (χ2n) is 14.1. The Labute approximate surface area is 223 Å². The van der Waals surface area contributed by atoms with Crippen molar-refractivity contribution in [3.8, 4) is 0 Å². The Balaban J connectivity index is 2.31. The molecule has 0 spiro atoms. The monoisotopic (exact) mass is 494 g/mol. The molecule has 202 valence electrons. The fourth-order valence-corrected chi connectivity index (χ4v) is 4.53. The lowest BCUT2D eigenvalue weighted by Gasteiger charge is -2.42. The molecule has 0 unspecified atom stereocenters. The summed E-state index contributed by atoms with van der Waals surface area (Å²) in [5.74, 6) is 0. The quantitative estimate of drug-likeness (QED) is 0.228. The maximum Gasteiger partial charge on any atom is 0.123 e. The molecule has 0 saturated heterocycles. The average molecular weight is 495 g/mol. The minimum Gasteiger partial charge on any atom is -0.225 e. The molecule has 0 radical (unpaired) electrons. The third-order valence-corrected chi connectivity index (χ3v) is 10.2. The van der Waals surface area contributed by atoms with Gasteiger partial charge in [0.15, 0.2) is 0 Å². The van der Waals surface area contributed by atoms with Crippen LogP contribution in [0.5, 0.6) is 0 Å². The highest BCUT2D eigenvalue weighted by atomic mass is 17.2. The highest BCUT2D eigenvalue weighted by Gasteiger charge is 2.39. The van der Waals surface area contributed by atoms with Crippen molar-refractivity contribution in [3.05, 3.63) is 70.8 Å². The van der Waals surface area contributed by atoms with Crippen molar-refractivity contribution in [3.63, 3.8) is 0 Å². The van der Waals surface area contributed by atoms with Gasteiger partial charge < -0.3 is 0 Å². The first-order chi connectivity index (χ1) is 16.2. The molecule has 0 heterocycles. The topological polar surface area (TPSA) is 18.5 Å². The van der Waals surface area contributed by atoms with E-state index in [-0.39, 0.29) is 21.7 Å². The fourth-order valence-electron chi connectivity index (χ4n) is 4.53. The fraction of sp³-hybridized carbons (Fsp3) is 0.647. The molecule has 0 amide bonds. The highest BCUT2D eigenvalue weighted by molar-refractivity contribution is 5.35. The van der Waals surface area contributed by atoms with E-state index in [0.717, 1.165) is 24.0 Å². The Morgan fingerprint density at radius 3 is 1.03 bits per heavy atom. The predicted octanol–water partition coefficient (Wildman–Crippen LogP) is 10.2. The molecule has 2 aromatic rings. The van der Waals surface area contributed by atoms with Gasteiger partial charge in [-0.1, -0.05) is 131 Å². The molecule has 0 fully saturated rings. The molecule has 0 bridgehead atoms. The zero-order valence-electron chi connectivity index (χ0n) is 25.8. The molecule has 2 heteroatoms. The van der Waals surface area contributed by atoms with Crippen LogP contribution in [0.25, 0.3) is 0 Å². The Bertz CT molecular complexity index is 937. The van der Waals surface area contributed by atoms with Crippen molar-refractivity contribution >= 4 is 0 Å². The zero-order chi connectivity index (χ0) is 27.8. The minimum absolute atomic E-state index is 0.0352.